The van der Waals surface area contributed by atoms with Gasteiger partial charge >= 0.3 is 6.03 Å². The third-order valence-electron chi connectivity index (χ3n) is 6.74. The van der Waals surface area contributed by atoms with Crippen LogP contribution in [0.25, 0.3) is 0 Å². The summed E-state index contributed by atoms with van der Waals surface area (Å²) in [7, 11) is -2.05. The molecule has 1 saturated heterocycles. The van der Waals surface area contributed by atoms with E-state index in [0.29, 0.717) is 18.4 Å². The third kappa shape index (κ3) is 5.27. The predicted molar refractivity (Wildman–Crippen MR) is 128 cm³/mol. The van der Waals surface area contributed by atoms with Gasteiger partial charge < -0.3 is 10.6 Å². The van der Waals surface area contributed by atoms with E-state index in [1.165, 1.54) is 23.5 Å². The van der Waals surface area contributed by atoms with Crippen LogP contribution < -0.4 is 10.6 Å². The van der Waals surface area contributed by atoms with Crippen LogP contribution in [0, 0.1) is 11.3 Å². The normalized spacial score (nSPS) is 24.7. The first-order valence-electron chi connectivity index (χ1n) is 11.6. The van der Waals surface area contributed by atoms with Crippen LogP contribution in [0.15, 0.2) is 29.2 Å². The van der Waals surface area contributed by atoms with Crippen LogP contribution in [0.3, 0.4) is 0 Å². The van der Waals surface area contributed by atoms with Crippen molar-refractivity contribution in [1.29, 1.82) is 0 Å². The molecule has 2 atom stereocenters. The van der Waals surface area contributed by atoms with E-state index < -0.39 is 27.5 Å². The summed E-state index contributed by atoms with van der Waals surface area (Å²) in [6, 6.07) is 5.57. The van der Waals surface area contributed by atoms with Gasteiger partial charge in [-0.1, -0.05) is 32.9 Å². The van der Waals surface area contributed by atoms with E-state index in [4.69, 9.17) is 0 Å². The number of urea groups is 1. The van der Waals surface area contributed by atoms with Crippen molar-refractivity contribution in [3.05, 3.63) is 29.8 Å². The number of sulfonamides is 1. The molecule has 2 unspecified atom stereocenters. The first kappa shape index (κ1) is 26.2. The second kappa shape index (κ2) is 9.30. The van der Waals surface area contributed by atoms with E-state index in [2.05, 4.69) is 31.4 Å². The van der Waals surface area contributed by atoms with Gasteiger partial charge in [-0.2, -0.15) is 4.31 Å². The molecular weight excluding hydrogens is 456 g/mol. The maximum atomic E-state index is 13.2. The fourth-order valence-electron chi connectivity index (χ4n) is 5.27. The summed E-state index contributed by atoms with van der Waals surface area (Å²) in [6.07, 6.45) is 2.10. The second-order valence-corrected chi connectivity index (χ2v) is 12.8. The van der Waals surface area contributed by atoms with E-state index in [1.54, 1.807) is 26.0 Å². The van der Waals surface area contributed by atoms with Crippen LogP contribution in [0.5, 0.6) is 0 Å². The Balaban J connectivity index is 1.60. The Hall–Kier alpha value is -2.46. The van der Waals surface area contributed by atoms with E-state index >= 15 is 0 Å². The zero-order chi connectivity index (χ0) is 25.5. The molecule has 3 rings (SSSR count). The molecule has 1 spiro atoms. The maximum Gasteiger partial charge on any atom is 0.325 e. The number of carbonyl (C=O) groups excluding carboxylic acids is 3. The number of hydrogen-bond acceptors (Lipinski definition) is 5. The molecule has 1 heterocycles. The highest BCUT2D eigenvalue weighted by Crippen LogP contribution is 2.46. The largest absolute Gasteiger partial charge is 0.350 e. The highest BCUT2D eigenvalue weighted by molar-refractivity contribution is 7.89. The zero-order valence-corrected chi connectivity index (χ0v) is 21.7. The number of carbonyl (C=O) groups is 3. The molecule has 188 valence electrons. The minimum Gasteiger partial charge on any atom is -0.350 e. The van der Waals surface area contributed by atoms with Gasteiger partial charge in [-0.3, -0.25) is 14.5 Å². The maximum absolute atomic E-state index is 13.2. The number of imide groups is 1. The Kier molecular flexibility index (Phi) is 7.15. The van der Waals surface area contributed by atoms with Gasteiger partial charge in [-0.25, -0.2) is 13.2 Å². The van der Waals surface area contributed by atoms with E-state index in [-0.39, 0.29) is 41.3 Å². The van der Waals surface area contributed by atoms with Crippen LogP contribution in [0.1, 0.15) is 59.4 Å². The van der Waals surface area contributed by atoms with Crippen molar-refractivity contribution in [1.82, 2.24) is 19.8 Å². The quantitative estimate of drug-likeness (QED) is 0.568. The average Bonchev–Trinajstić information content (AvgIpc) is 2.93. The lowest BCUT2D eigenvalue weighted by atomic mass is 9.64. The number of benzene rings is 1. The molecule has 34 heavy (non-hydrogen) atoms. The molecule has 0 aromatic heterocycles. The van der Waals surface area contributed by atoms with Crippen molar-refractivity contribution in [2.45, 2.75) is 76.9 Å². The Morgan fingerprint density at radius 1 is 1.21 bits per heavy atom. The van der Waals surface area contributed by atoms with Gasteiger partial charge in [-0.05, 0) is 62.1 Å². The highest BCUT2D eigenvalue weighted by Gasteiger charge is 2.56. The Morgan fingerprint density at radius 2 is 1.82 bits per heavy atom. The zero-order valence-electron chi connectivity index (χ0n) is 20.8. The number of rotatable bonds is 7. The molecular formula is C24H36N4O5S. The summed E-state index contributed by atoms with van der Waals surface area (Å²) in [5, 5.41) is 5.58. The van der Waals surface area contributed by atoms with Gasteiger partial charge in [0, 0.05) is 19.6 Å². The van der Waals surface area contributed by atoms with Crippen molar-refractivity contribution in [3.63, 3.8) is 0 Å². The van der Waals surface area contributed by atoms with Crippen LogP contribution in [0.4, 0.5) is 4.79 Å². The molecule has 1 saturated carbocycles. The lowest BCUT2D eigenvalue weighted by Crippen LogP contribution is -2.54. The number of hydrogen-bond donors (Lipinski definition) is 2. The van der Waals surface area contributed by atoms with Crippen LogP contribution in [-0.2, 0) is 26.2 Å². The molecule has 2 aliphatic rings. The van der Waals surface area contributed by atoms with Crippen molar-refractivity contribution in [2.75, 3.05) is 13.6 Å². The minimum absolute atomic E-state index is 0.0809. The summed E-state index contributed by atoms with van der Waals surface area (Å²) in [5.74, 6) is -0.509. The molecule has 0 radical (unpaired) electrons. The molecule has 4 amide bonds. The third-order valence-corrected chi connectivity index (χ3v) is 8.79. The van der Waals surface area contributed by atoms with Gasteiger partial charge in [0.05, 0.1) is 4.90 Å². The summed E-state index contributed by atoms with van der Waals surface area (Å²) >= 11 is 0. The van der Waals surface area contributed by atoms with E-state index in [9.17, 15) is 22.8 Å². The lowest BCUT2D eigenvalue weighted by Gasteiger charge is -2.43. The van der Waals surface area contributed by atoms with Crippen molar-refractivity contribution < 1.29 is 22.8 Å². The minimum atomic E-state index is -3.58. The first-order valence-corrected chi connectivity index (χ1v) is 13.1. The summed E-state index contributed by atoms with van der Waals surface area (Å²) in [5.41, 5.74) is -0.318. The Bertz CT molecular complexity index is 1070. The molecule has 1 aromatic rings. The van der Waals surface area contributed by atoms with Gasteiger partial charge in [0.1, 0.15) is 12.1 Å². The highest BCUT2D eigenvalue weighted by atomic mass is 32.2. The standard InChI is InChI=1S/C24H36N4O5S/c1-16(2)27(6)34(32,33)19-9-7-18(8-10-19)13-25-20(29)14-28-21(30)24(26-22(28)31)12-17(3)11-23(4,5)15-24/h7-10,16-17H,11-15H2,1-6H3,(H,25,29)(H,26,31). The summed E-state index contributed by atoms with van der Waals surface area (Å²) in [6.45, 7) is 9.65. The van der Waals surface area contributed by atoms with Gasteiger partial charge in [0.25, 0.3) is 5.91 Å². The fraction of sp³-hybridized carbons (Fsp3) is 0.625. The molecule has 1 aliphatic carbocycles. The topological polar surface area (TPSA) is 116 Å². The predicted octanol–water partition coefficient (Wildman–Crippen LogP) is 2.47. The summed E-state index contributed by atoms with van der Waals surface area (Å²) in [4.78, 5) is 39.4. The van der Waals surface area contributed by atoms with Crippen molar-refractivity contribution >= 4 is 27.9 Å². The number of nitrogens with one attached hydrogen (secondary N) is 2. The monoisotopic (exact) mass is 492 g/mol. The second-order valence-electron chi connectivity index (χ2n) is 10.8. The molecule has 1 aliphatic heterocycles. The molecule has 9 nitrogen and oxygen atoms in total. The molecule has 0 bridgehead atoms. The molecule has 1 aromatic carbocycles. The summed E-state index contributed by atoms with van der Waals surface area (Å²) < 4.78 is 26.4. The average molecular weight is 493 g/mol. The van der Waals surface area contributed by atoms with Crippen LogP contribution >= 0.6 is 0 Å². The van der Waals surface area contributed by atoms with E-state index in [0.717, 1.165) is 11.3 Å². The van der Waals surface area contributed by atoms with Crippen LogP contribution in [-0.4, -0.2) is 60.6 Å². The number of nitrogens with zero attached hydrogens (tertiary/aromatic N) is 2. The van der Waals surface area contributed by atoms with Crippen LogP contribution in [0.2, 0.25) is 0 Å². The van der Waals surface area contributed by atoms with E-state index in [1.807, 2.05) is 0 Å². The van der Waals surface area contributed by atoms with Gasteiger partial charge in [-0.15, -0.1) is 0 Å². The lowest BCUT2D eigenvalue weighted by molar-refractivity contribution is -0.137. The molecule has 10 heteroatoms. The van der Waals surface area contributed by atoms with Gasteiger partial charge in [0.15, 0.2) is 0 Å². The Labute approximate surface area is 202 Å². The Morgan fingerprint density at radius 3 is 2.38 bits per heavy atom. The molecule has 2 N–H and O–H groups in total. The van der Waals surface area contributed by atoms with Gasteiger partial charge in [0.2, 0.25) is 15.9 Å². The fourth-order valence-corrected chi connectivity index (χ4v) is 6.64. The SMILES string of the molecule is CC1CC(C)(C)CC2(C1)NC(=O)N(CC(=O)NCc1ccc(S(=O)(=O)N(C)C(C)C)cc1)C2=O. The number of amides is 4. The van der Waals surface area contributed by atoms with Crippen molar-refractivity contribution in [2.24, 2.45) is 11.3 Å². The van der Waals surface area contributed by atoms with Crippen molar-refractivity contribution in [3.8, 4) is 0 Å². The smallest absolute Gasteiger partial charge is 0.325 e. The molecule has 2 fully saturated rings. The first-order chi connectivity index (χ1) is 15.7.